The van der Waals surface area contributed by atoms with Crippen LogP contribution in [0.2, 0.25) is 0 Å². The lowest BCUT2D eigenvalue weighted by atomic mass is 10.2. The Labute approximate surface area is 108 Å². The lowest BCUT2D eigenvalue weighted by molar-refractivity contribution is 0.765. The minimum absolute atomic E-state index is 0.422. The SMILES string of the molecule is CCc1cc(CC)n(-c2ncnc(N)c2Br)n1. The van der Waals surface area contributed by atoms with Gasteiger partial charge in [0.15, 0.2) is 5.82 Å². The average molecular weight is 296 g/mol. The standard InChI is InChI=1S/C11H14BrN5/c1-3-7-5-8(4-2)17(16-7)11-9(12)10(13)14-6-15-11/h5-6H,3-4H2,1-2H3,(H2,13,14,15). The molecule has 2 aromatic heterocycles. The average Bonchev–Trinajstić information content (AvgIpc) is 2.76. The molecule has 0 amide bonds. The van der Waals surface area contributed by atoms with Crippen LogP contribution < -0.4 is 5.73 Å². The van der Waals surface area contributed by atoms with Crippen molar-refractivity contribution in [2.75, 3.05) is 5.73 Å². The van der Waals surface area contributed by atoms with Crippen LogP contribution in [0.25, 0.3) is 5.82 Å². The largest absolute Gasteiger partial charge is 0.383 e. The van der Waals surface area contributed by atoms with Gasteiger partial charge >= 0.3 is 0 Å². The first-order valence-electron chi connectivity index (χ1n) is 5.51. The molecule has 2 rings (SSSR count). The third kappa shape index (κ3) is 2.17. The number of nitrogens with zero attached hydrogens (tertiary/aromatic N) is 4. The Morgan fingerprint density at radius 1 is 1.29 bits per heavy atom. The molecular formula is C11H14BrN5. The van der Waals surface area contributed by atoms with Crippen LogP contribution in [-0.4, -0.2) is 19.7 Å². The third-order valence-corrected chi connectivity index (χ3v) is 3.32. The maximum absolute atomic E-state index is 5.75. The van der Waals surface area contributed by atoms with E-state index in [1.807, 2.05) is 4.68 Å². The summed E-state index contributed by atoms with van der Waals surface area (Å²) in [5, 5.41) is 4.51. The zero-order valence-electron chi connectivity index (χ0n) is 9.81. The van der Waals surface area contributed by atoms with Crippen molar-refractivity contribution >= 4 is 21.7 Å². The van der Waals surface area contributed by atoms with E-state index in [1.54, 1.807) is 0 Å². The molecule has 0 fully saturated rings. The zero-order valence-corrected chi connectivity index (χ0v) is 11.4. The first-order chi connectivity index (χ1) is 8.17. The highest BCUT2D eigenvalue weighted by atomic mass is 79.9. The van der Waals surface area contributed by atoms with E-state index in [-0.39, 0.29) is 0 Å². The molecule has 0 aliphatic carbocycles. The molecular weight excluding hydrogens is 282 g/mol. The summed E-state index contributed by atoms with van der Waals surface area (Å²) >= 11 is 3.40. The van der Waals surface area contributed by atoms with Gasteiger partial charge in [-0.1, -0.05) is 13.8 Å². The molecule has 0 aliphatic heterocycles. The second-order valence-electron chi connectivity index (χ2n) is 3.64. The van der Waals surface area contributed by atoms with Crippen LogP contribution in [-0.2, 0) is 12.8 Å². The fraction of sp³-hybridized carbons (Fsp3) is 0.364. The summed E-state index contributed by atoms with van der Waals surface area (Å²) in [6.07, 6.45) is 3.24. The molecule has 17 heavy (non-hydrogen) atoms. The molecule has 2 N–H and O–H groups in total. The Balaban J connectivity index is 2.59. The fourth-order valence-electron chi connectivity index (χ4n) is 1.60. The summed E-state index contributed by atoms with van der Waals surface area (Å²) in [7, 11) is 0. The Hall–Kier alpha value is -1.43. The predicted molar refractivity (Wildman–Crippen MR) is 70.0 cm³/mol. The summed E-state index contributed by atoms with van der Waals surface area (Å²) in [4.78, 5) is 8.15. The number of nitrogens with two attached hydrogens (primary N) is 1. The van der Waals surface area contributed by atoms with E-state index in [1.165, 1.54) is 6.33 Å². The van der Waals surface area contributed by atoms with Crippen LogP contribution in [0.1, 0.15) is 25.2 Å². The van der Waals surface area contributed by atoms with Gasteiger partial charge in [0, 0.05) is 5.69 Å². The Bertz CT molecular complexity index is 535. The van der Waals surface area contributed by atoms with Crippen LogP contribution in [0.15, 0.2) is 16.9 Å². The minimum atomic E-state index is 0.422. The van der Waals surface area contributed by atoms with E-state index in [0.717, 1.165) is 24.2 Å². The Kier molecular flexibility index (Phi) is 3.42. The van der Waals surface area contributed by atoms with Crippen LogP contribution in [0.3, 0.4) is 0 Å². The fourth-order valence-corrected chi connectivity index (χ4v) is 1.98. The van der Waals surface area contributed by atoms with Gasteiger partial charge in [-0.2, -0.15) is 5.10 Å². The second-order valence-corrected chi connectivity index (χ2v) is 4.44. The third-order valence-electron chi connectivity index (χ3n) is 2.56. The van der Waals surface area contributed by atoms with Crippen LogP contribution in [0, 0.1) is 0 Å². The van der Waals surface area contributed by atoms with Crippen molar-refractivity contribution in [1.29, 1.82) is 0 Å². The Morgan fingerprint density at radius 2 is 2.06 bits per heavy atom. The maximum atomic E-state index is 5.75. The molecule has 0 atom stereocenters. The van der Waals surface area contributed by atoms with Gasteiger partial charge in [-0.3, -0.25) is 0 Å². The molecule has 90 valence electrons. The molecule has 6 heteroatoms. The van der Waals surface area contributed by atoms with Crippen molar-refractivity contribution in [1.82, 2.24) is 19.7 Å². The number of aryl methyl sites for hydroxylation is 2. The van der Waals surface area contributed by atoms with Gasteiger partial charge in [-0.15, -0.1) is 0 Å². The number of nitrogen functional groups attached to an aromatic ring is 1. The first kappa shape index (κ1) is 12.0. The number of aromatic nitrogens is 4. The summed E-state index contributed by atoms with van der Waals surface area (Å²) in [5.41, 5.74) is 7.91. The van der Waals surface area contributed by atoms with Crippen molar-refractivity contribution in [2.45, 2.75) is 26.7 Å². The van der Waals surface area contributed by atoms with E-state index >= 15 is 0 Å². The minimum Gasteiger partial charge on any atom is -0.383 e. The molecule has 5 nitrogen and oxygen atoms in total. The van der Waals surface area contributed by atoms with Crippen molar-refractivity contribution < 1.29 is 0 Å². The molecule has 0 radical (unpaired) electrons. The smallest absolute Gasteiger partial charge is 0.173 e. The van der Waals surface area contributed by atoms with E-state index < -0.39 is 0 Å². The molecule has 0 unspecified atom stereocenters. The summed E-state index contributed by atoms with van der Waals surface area (Å²) < 4.78 is 2.50. The number of anilines is 1. The van der Waals surface area contributed by atoms with Gasteiger partial charge in [0.2, 0.25) is 0 Å². The van der Waals surface area contributed by atoms with Crippen molar-refractivity contribution in [2.24, 2.45) is 0 Å². The molecule has 2 aromatic rings. The molecule has 0 spiro atoms. The maximum Gasteiger partial charge on any atom is 0.173 e. The van der Waals surface area contributed by atoms with Crippen LogP contribution in [0.4, 0.5) is 5.82 Å². The van der Waals surface area contributed by atoms with Crippen LogP contribution >= 0.6 is 15.9 Å². The number of hydrogen-bond donors (Lipinski definition) is 1. The molecule has 0 bridgehead atoms. The van der Waals surface area contributed by atoms with Gasteiger partial charge in [-0.05, 0) is 34.8 Å². The first-order valence-corrected chi connectivity index (χ1v) is 6.30. The topological polar surface area (TPSA) is 69.6 Å². The van der Waals surface area contributed by atoms with E-state index in [4.69, 9.17) is 5.73 Å². The number of hydrogen-bond acceptors (Lipinski definition) is 4. The molecule has 0 aromatic carbocycles. The van der Waals surface area contributed by atoms with Crippen molar-refractivity contribution in [3.8, 4) is 5.82 Å². The summed E-state index contributed by atoms with van der Waals surface area (Å²) in [6.45, 7) is 4.17. The molecule has 0 aliphatic rings. The van der Waals surface area contributed by atoms with Crippen molar-refractivity contribution in [3.63, 3.8) is 0 Å². The lowest BCUT2D eigenvalue weighted by Gasteiger charge is -2.07. The number of rotatable bonds is 3. The summed E-state index contributed by atoms with van der Waals surface area (Å²) in [6, 6.07) is 2.09. The summed E-state index contributed by atoms with van der Waals surface area (Å²) in [5.74, 6) is 1.11. The van der Waals surface area contributed by atoms with E-state index in [2.05, 4.69) is 50.9 Å². The van der Waals surface area contributed by atoms with Gasteiger partial charge < -0.3 is 5.73 Å². The van der Waals surface area contributed by atoms with Gasteiger partial charge in [0.1, 0.15) is 16.6 Å². The highest BCUT2D eigenvalue weighted by Crippen LogP contribution is 2.24. The predicted octanol–water partition coefficient (Wildman–Crippen LogP) is 2.13. The Morgan fingerprint density at radius 3 is 2.71 bits per heavy atom. The molecule has 0 saturated heterocycles. The number of halogens is 1. The van der Waals surface area contributed by atoms with E-state index in [0.29, 0.717) is 16.1 Å². The molecule has 0 saturated carbocycles. The van der Waals surface area contributed by atoms with Gasteiger partial charge in [0.25, 0.3) is 0 Å². The quantitative estimate of drug-likeness (QED) is 0.942. The van der Waals surface area contributed by atoms with Gasteiger partial charge in [-0.25, -0.2) is 14.6 Å². The monoisotopic (exact) mass is 295 g/mol. The lowest BCUT2D eigenvalue weighted by Crippen LogP contribution is -2.07. The second kappa shape index (κ2) is 4.83. The highest BCUT2D eigenvalue weighted by Gasteiger charge is 2.13. The molecule has 2 heterocycles. The van der Waals surface area contributed by atoms with Crippen LogP contribution in [0.5, 0.6) is 0 Å². The normalized spacial score (nSPS) is 10.8. The highest BCUT2D eigenvalue weighted by molar-refractivity contribution is 9.10. The van der Waals surface area contributed by atoms with E-state index in [9.17, 15) is 0 Å². The zero-order chi connectivity index (χ0) is 12.4. The van der Waals surface area contributed by atoms with Crippen molar-refractivity contribution in [3.05, 3.63) is 28.3 Å². The van der Waals surface area contributed by atoms with Gasteiger partial charge in [0.05, 0.1) is 5.69 Å².